The number of benzene rings is 2. The van der Waals surface area contributed by atoms with E-state index in [4.69, 9.17) is 0 Å². The average Bonchev–Trinajstić information content (AvgIpc) is 3.03. The Balaban J connectivity index is 2.10. The van der Waals surface area contributed by atoms with Gasteiger partial charge in [-0.2, -0.15) is 0 Å². The van der Waals surface area contributed by atoms with Gasteiger partial charge in [-0.3, -0.25) is 0 Å². The second-order valence-corrected chi connectivity index (χ2v) is 4.46. The van der Waals surface area contributed by atoms with Crippen LogP contribution < -0.4 is 5.32 Å². The topological polar surface area (TPSA) is 34.3 Å². The van der Waals surface area contributed by atoms with Crippen LogP contribution in [0, 0.1) is 25.4 Å². The zero-order chi connectivity index (χ0) is 13.1. The van der Waals surface area contributed by atoms with Crippen LogP contribution in [-0.4, -0.2) is 5.11 Å². The molecule has 1 aliphatic rings. The summed E-state index contributed by atoms with van der Waals surface area (Å²) in [6, 6.07) is 19.9. The van der Waals surface area contributed by atoms with Gasteiger partial charge in [-0.05, 0) is 24.0 Å². The van der Waals surface area contributed by atoms with E-state index in [0.29, 0.717) is 6.04 Å². The van der Waals surface area contributed by atoms with E-state index in [-0.39, 0.29) is 0 Å². The summed E-state index contributed by atoms with van der Waals surface area (Å²) < 4.78 is 0. The molecule has 2 heteroatoms. The molecule has 0 aliphatic carbocycles. The summed E-state index contributed by atoms with van der Waals surface area (Å²) in [5.74, 6) is 0. The molecule has 5 radical (unpaired) electrons. The molecule has 19 heavy (non-hydrogen) atoms. The minimum Gasteiger partial charge on any atom is -0.378 e. The molecule has 0 amide bonds. The molecule has 2 nitrogen and oxygen atoms in total. The molecule has 1 N–H and O–H groups in total. The van der Waals surface area contributed by atoms with E-state index >= 15 is 0 Å². The van der Waals surface area contributed by atoms with Crippen LogP contribution in [0.1, 0.15) is 11.1 Å². The summed E-state index contributed by atoms with van der Waals surface area (Å²) in [7, 11) is 0. The molecule has 0 bridgehead atoms. The molecule has 1 saturated heterocycles. The number of hydrogen-bond acceptors (Lipinski definition) is 1. The molecule has 1 heterocycles. The molecule has 0 unspecified atom stereocenters. The van der Waals surface area contributed by atoms with E-state index in [1.165, 1.54) is 0 Å². The van der Waals surface area contributed by atoms with Crippen molar-refractivity contribution in [3.63, 3.8) is 0 Å². The highest BCUT2D eigenvalue weighted by Gasteiger charge is 2.43. The van der Waals surface area contributed by atoms with Crippen molar-refractivity contribution in [2.24, 2.45) is 0 Å². The van der Waals surface area contributed by atoms with Crippen LogP contribution in [0.25, 0.3) is 0 Å². The molecule has 2 aromatic rings. The lowest BCUT2D eigenvalue weighted by Gasteiger charge is -2.33. The summed E-state index contributed by atoms with van der Waals surface area (Å²) >= 11 is 0. The van der Waals surface area contributed by atoms with Gasteiger partial charge in [-0.1, -0.05) is 60.7 Å². The maximum absolute atomic E-state index is 11.3. The van der Waals surface area contributed by atoms with Gasteiger partial charge in [0.25, 0.3) is 0 Å². The van der Waals surface area contributed by atoms with Crippen molar-refractivity contribution in [3.05, 3.63) is 97.2 Å². The van der Waals surface area contributed by atoms with E-state index in [9.17, 15) is 5.11 Å². The molecule has 1 aliphatic heterocycles. The molecule has 0 spiro atoms. The van der Waals surface area contributed by atoms with Crippen molar-refractivity contribution < 1.29 is 5.11 Å². The highest BCUT2D eigenvalue weighted by Crippen LogP contribution is 2.41. The van der Waals surface area contributed by atoms with E-state index in [2.05, 4.69) is 5.32 Å². The first-order valence-corrected chi connectivity index (χ1v) is 6.23. The third kappa shape index (κ3) is 2.18. The molecular formula is C17H14NO. The van der Waals surface area contributed by atoms with E-state index in [0.717, 1.165) is 11.1 Å². The summed E-state index contributed by atoms with van der Waals surface area (Å²) in [6.45, 7) is 1.70. The Morgan fingerprint density at radius 2 is 1.32 bits per heavy atom. The normalized spacial score (nSPS) is 16.7. The Hall–Kier alpha value is -1.64. The third-order valence-corrected chi connectivity index (χ3v) is 3.31. The fourth-order valence-corrected chi connectivity index (χ4v) is 2.34. The summed E-state index contributed by atoms with van der Waals surface area (Å²) in [5.41, 5.74) is 0.436. The molecule has 0 saturated carbocycles. The Morgan fingerprint density at radius 1 is 0.789 bits per heavy atom. The first kappa shape index (κ1) is 12.4. The standard InChI is InChI=1S/C17H14NO/c19-17(16-12-7-13-18-16,14-8-3-1-4-9-14)15-10-5-2-6-11-15/h1-13,19H. The van der Waals surface area contributed by atoms with Gasteiger partial charge in [-0.15, -0.1) is 0 Å². The molecule has 2 aromatic carbocycles. The Morgan fingerprint density at radius 3 is 1.74 bits per heavy atom. The number of rotatable bonds is 3. The lowest BCUT2D eigenvalue weighted by molar-refractivity contribution is 0.0930. The van der Waals surface area contributed by atoms with Gasteiger partial charge in [0.1, 0.15) is 11.6 Å². The summed E-state index contributed by atoms with van der Waals surface area (Å²) in [4.78, 5) is 0. The minimum atomic E-state index is -1.20. The van der Waals surface area contributed by atoms with Crippen LogP contribution in [-0.2, 0) is 5.60 Å². The van der Waals surface area contributed by atoms with Crippen molar-refractivity contribution in [2.45, 2.75) is 5.60 Å². The number of hydrogen-bond donors (Lipinski definition) is 1. The molecule has 93 valence electrons. The van der Waals surface area contributed by atoms with Gasteiger partial charge in [0, 0.05) is 6.54 Å². The monoisotopic (exact) mass is 248 g/mol. The predicted molar refractivity (Wildman–Crippen MR) is 74.2 cm³/mol. The molecule has 3 rings (SSSR count). The van der Waals surface area contributed by atoms with Gasteiger partial charge in [0.15, 0.2) is 0 Å². The van der Waals surface area contributed by atoms with Gasteiger partial charge in [0.05, 0.1) is 0 Å². The van der Waals surface area contributed by atoms with Crippen molar-refractivity contribution in [2.75, 3.05) is 0 Å². The van der Waals surface area contributed by atoms with Crippen LogP contribution in [0.4, 0.5) is 0 Å². The van der Waals surface area contributed by atoms with Gasteiger partial charge >= 0.3 is 0 Å². The first-order valence-electron chi connectivity index (χ1n) is 6.23. The predicted octanol–water partition coefficient (Wildman–Crippen LogP) is 2.64. The number of nitrogens with zero attached hydrogens (tertiary/aromatic N) is 1. The zero-order valence-electron chi connectivity index (χ0n) is 10.4. The van der Waals surface area contributed by atoms with Crippen LogP contribution >= 0.6 is 0 Å². The van der Waals surface area contributed by atoms with Crippen LogP contribution in [0.2, 0.25) is 0 Å². The summed E-state index contributed by atoms with van der Waals surface area (Å²) in [5, 5.41) is 15.5. The number of aliphatic hydroxyl groups is 1. The second kappa shape index (κ2) is 5.16. The third-order valence-electron chi connectivity index (χ3n) is 3.31. The highest BCUT2D eigenvalue weighted by molar-refractivity contribution is 5.46. The van der Waals surface area contributed by atoms with Crippen molar-refractivity contribution in [1.82, 2.24) is 5.32 Å². The average molecular weight is 248 g/mol. The van der Waals surface area contributed by atoms with Gasteiger partial charge in [0.2, 0.25) is 0 Å². The second-order valence-electron chi connectivity index (χ2n) is 4.46. The van der Waals surface area contributed by atoms with Crippen molar-refractivity contribution in [3.8, 4) is 0 Å². The van der Waals surface area contributed by atoms with E-state index in [1.807, 2.05) is 73.5 Å². The van der Waals surface area contributed by atoms with Crippen molar-refractivity contribution in [1.29, 1.82) is 0 Å². The van der Waals surface area contributed by atoms with E-state index in [1.54, 1.807) is 6.54 Å². The molecule has 0 atom stereocenters. The van der Waals surface area contributed by atoms with Gasteiger partial charge in [-0.25, -0.2) is 5.32 Å². The Labute approximate surface area is 114 Å². The van der Waals surface area contributed by atoms with Crippen LogP contribution in [0.3, 0.4) is 0 Å². The fourth-order valence-electron chi connectivity index (χ4n) is 2.34. The van der Waals surface area contributed by atoms with Crippen molar-refractivity contribution >= 4 is 0 Å². The lowest BCUT2D eigenvalue weighted by atomic mass is 9.79. The fraction of sp³-hybridized carbons (Fsp3) is 0.0588. The maximum Gasteiger partial charge on any atom is 0.137 e. The smallest absolute Gasteiger partial charge is 0.137 e. The Kier molecular flexibility index (Phi) is 3.36. The largest absolute Gasteiger partial charge is 0.378 e. The van der Waals surface area contributed by atoms with Gasteiger partial charge < -0.3 is 5.11 Å². The quantitative estimate of drug-likeness (QED) is 0.890. The first-order chi connectivity index (χ1) is 9.32. The van der Waals surface area contributed by atoms with Crippen LogP contribution in [0.5, 0.6) is 0 Å². The van der Waals surface area contributed by atoms with E-state index < -0.39 is 5.60 Å². The molecule has 0 aromatic heterocycles. The molecular weight excluding hydrogens is 234 g/mol. The Bertz CT molecular complexity index is 478. The maximum atomic E-state index is 11.3. The highest BCUT2D eigenvalue weighted by atomic mass is 16.3. The van der Waals surface area contributed by atoms with Crippen LogP contribution in [0.15, 0.2) is 60.7 Å². The summed E-state index contributed by atoms with van der Waals surface area (Å²) in [6.07, 6.45) is 3.69. The SMILES string of the molecule is OC([C]1[CH][CH][CH][N]1)(c1ccccc1)c1ccccc1. The zero-order valence-corrected chi connectivity index (χ0v) is 10.4. The molecule has 1 fully saturated rings. The lowest BCUT2D eigenvalue weighted by Crippen LogP contribution is -2.37. The minimum absolute atomic E-state index is 0.643.